The molecule has 0 aromatic carbocycles. The van der Waals surface area contributed by atoms with Crippen LogP contribution in [-0.4, -0.2) is 38.3 Å². The first kappa shape index (κ1) is 12.8. The Bertz CT molecular complexity index is 246. The monoisotopic (exact) mass is 240 g/mol. The molecule has 98 valence electrons. The zero-order chi connectivity index (χ0) is 12.1. The second-order valence-electron chi connectivity index (χ2n) is 5.37. The van der Waals surface area contributed by atoms with Crippen molar-refractivity contribution in [3.63, 3.8) is 0 Å². The number of nitrogens with one attached hydrogen (secondary N) is 2. The average molecular weight is 240 g/mol. The van der Waals surface area contributed by atoms with Crippen molar-refractivity contribution in [3.8, 4) is 0 Å². The average Bonchev–Trinajstić information content (AvgIpc) is 2.82. The summed E-state index contributed by atoms with van der Waals surface area (Å²) in [6, 6.07) is 0.292. The number of carbonyl (C=O) groups is 1. The van der Waals surface area contributed by atoms with Crippen LogP contribution in [0, 0.1) is 11.8 Å². The van der Waals surface area contributed by atoms with Crippen LogP contribution in [0.25, 0.3) is 0 Å². The summed E-state index contributed by atoms with van der Waals surface area (Å²) in [6.07, 6.45) is 3.97. The molecule has 2 heterocycles. The maximum atomic E-state index is 11.9. The van der Waals surface area contributed by atoms with Crippen molar-refractivity contribution in [2.45, 2.75) is 38.6 Å². The quantitative estimate of drug-likeness (QED) is 0.768. The fourth-order valence-electron chi connectivity index (χ4n) is 2.80. The summed E-state index contributed by atoms with van der Waals surface area (Å²) in [6.45, 7) is 5.88. The zero-order valence-electron chi connectivity index (χ0n) is 10.7. The van der Waals surface area contributed by atoms with Gasteiger partial charge in [-0.05, 0) is 51.1 Å². The standard InChI is InChI=1S/C13H24N2O2/c1-10(12-3-6-17-7-4-12)15-13(16)8-11-2-5-14-9-11/h10-12,14H,2-9H2,1H3,(H,15,16). The van der Waals surface area contributed by atoms with E-state index in [1.165, 1.54) is 0 Å². The normalized spacial score (nSPS) is 27.9. The number of hydrogen-bond donors (Lipinski definition) is 2. The van der Waals surface area contributed by atoms with Gasteiger partial charge in [0.05, 0.1) is 0 Å². The topological polar surface area (TPSA) is 50.4 Å². The molecule has 0 saturated carbocycles. The van der Waals surface area contributed by atoms with Crippen LogP contribution in [0.1, 0.15) is 32.6 Å². The zero-order valence-corrected chi connectivity index (χ0v) is 10.7. The predicted molar refractivity (Wildman–Crippen MR) is 66.7 cm³/mol. The molecule has 2 aliphatic heterocycles. The molecular weight excluding hydrogens is 216 g/mol. The summed E-state index contributed by atoms with van der Waals surface area (Å²) in [4.78, 5) is 11.9. The van der Waals surface area contributed by atoms with Gasteiger partial charge < -0.3 is 15.4 Å². The van der Waals surface area contributed by atoms with Gasteiger partial charge in [0.1, 0.15) is 0 Å². The summed E-state index contributed by atoms with van der Waals surface area (Å²) >= 11 is 0. The molecule has 17 heavy (non-hydrogen) atoms. The van der Waals surface area contributed by atoms with Gasteiger partial charge in [0.15, 0.2) is 0 Å². The SMILES string of the molecule is CC(NC(=O)CC1CCNC1)C1CCOCC1. The van der Waals surface area contributed by atoms with E-state index in [0.29, 0.717) is 24.3 Å². The molecular formula is C13H24N2O2. The molecule has 0 bridgehead atoms. The molecule has 2 saturated heterocycles. The van der Waals surface area contributed by atoms with Gasteiger partial charge in [-0.2, -0.15) is 0 Å². The summed E-state index contributed by atoms with van der Waals surface area (Å²) in [5, 5.41) is 6.45. The van der Waals surface area contributed by atoms with Crippen LogP contribution in [0.2, 0.25) is 0 Å². The third kappa shape index (κ3) is 3.96. The van der Waals surface area contributed by atoms with Gasteiger partial charge >= 0.3 is 0 Å². The van der Waals surface area contributed by atoms with E-state index in [2.05, 4.69) is 17.6 Å². The van der Waals surface area contributed by atoms with Gasteiger partial charge in [-0.25, -0.2) is 0 Å². The third-order valence-electron chi connectivity index (χ3n) is 4.00. The Labute approximate surface area is 103 Å². The van der Waals surface area contributed by atoms with E-state index in [4.69, 9.17) is 4.74 Å². The maximum absolute atomic E-state index is 11.9. The van der Waals surface area contributed by atoms with Crippen LogP contribution >= 0.6 is 0 Å². The fraction of sp³-hybridized carbons (Fsp3) is 0.923. The van der Waals surface area contributed by atoms with E-state index >= 15 is 0 Å². The molecule has 0 radical (unpaired) electrons. The molecule has 2 fully saturated rings. The molecule has 0 spiro atoms. The first-order chi connectivity index (χ1) is 8.25. The molecule has 2 unspecified atom stereocenters. The lowest BCUT2D eigenvalue weighted by molar-refractivity contribution is -0.123. The maximum Gasteiger partial charge on any atom is 0.220 e. The van der Waals surface area contributed by atoms with Crippen molar-refractivity contribution >= 4 is 5.91 Å². The molecule has 0 aliphatic carbocycles. The van der Waals surface area contributed by atoms with Gasteiger partial charge in [0.25, 0.3) is 0 Å². The predicted octanol–water partition coefficient (Wildman–Crippen LogP) is 0.917. The molecule has 0 aromatic rings. The van der Waals surface area contributed by atoms with Crippen LogP contribution in [0.15, 0.2) is 0 Å². The Kier molecular flexibility index (Phi) is 4.80. The van der Waals surface area contributed by atoms with E-state index in [-0.39, 0.29) is 5.91 Å². The molecule has 1 amide bonds. The van der Waals surface area contributed by atoms with Crippen LogP contribution in [0.4, 0.5) is 0 Å². The number of amides is 1. The molecule has 0 aromatic heterocycles. The second kappa shape index (κ2) is 6.36. The van der Waals surface area contributed by atoms with Crippen molar-refractivity contribution in [1.82, 2.24) is 10.6 Å². The van der Waals surface area contributed by atoms with Crippen LogP contribution < -0.4 is 10.6 Å². The highest BCUT2D eigenvalue weighted by atomic mass is 16.5. The molecule has 2 rings (SSSR count). The summed E-state index contributed by atoms with van der Waals surface area (Å²) in [5.41, 5.74) is 0. The lowest BCUT2D eigenvalue weighted by atomic mass is 9.92. The molecule has 4 heteroatoms. The van der Waals surface area contributed by atoms with Crippen LogP contribution in [0.5, 0.6) is 0 Å². The van der Waals surface area contributed by atoms with Gasteiger partial charge in [-0.3, -0.25) is 4.79 Å². The van der Waals surface area contributed by atoms with Crippen molar-refractivity contribution < 1.29 is 9.53 Å². The lowest BCUT2D eigenvalue weighted by Crippen LogP contribution is -2.41. The van der Waals surface area contributed by atoms with E-state index in [0.717, 1.165) is 45.6 Å². The van der Waals surface area contributed by atoms with Gasteiger partial charge in [0.2, 0.25) is 5.91 Å². The third-order valence-corrected chi connectivity index (χ3v) is 4.00. The number of ether oxygens (including phenoxy) is 1. The van der Waals surface area contributed by atoms with E-state index < -0.39 is 0 Å². The minimum absolute atomic E-state index is 0.220. The number of carbonyl (C=O) groups excluding carboxylic acids is 1. The summed E-state index contributed by atoms with van der Waals surface area (Å²) in [7, 11) is 0. The van der Waals surface area contributed by atoms with E-state index in [1.807, 2.05) is 0 Å². The smallest absolute Gasteiger partial charge is 0.220 e. The Balaban J connectivity index is 1.69. The highest BCUT2D eigenvalue weighted by Gasteiger charge is 2.23. The fourth-order valence-corrected chi connectivity index (χ4v) is 2.80. The largest absolute Gasteiger partial charge is 0.381 e. The van der Waals surface area contributed by atoms with Crippen molar-refractivity contribution in [1.29, 1.82) is 0 Å². The highest BCUT2D eigenvalue weighted by Crippen LogP contribution is 2.19. The lowest BCUT2D eigenvalue weighted by Gasteiger charge is -2.28. The second-order valence-corrected chi connectivity index (χ2v) is 5.37. The minimum Gasteiger partial charge on any atom is -0.381 e. The Morgan fingerprint density at radius 3 is 2.82 bits per heavy atom. The molecule has 2 N–H and O–H groups in total. The Hall–Kier alpha value is -0.610. The number of rotatable bonds is 4. The minimum atomic E-state index is 0.220. The van der Waals surface area contributed by atoms with Crippen molar-refractivity contribution in [2.75, 3.05) is 26.3 Å². The van der Waals surface area contributed by atoms with Gasteiger partial charge in [-0.15, -0.1) is 0 Å². The van der Waals surface area contributed by atoms with Crippen molar-refractivity contribution in [3.05, 3.63) is 0 Å². The van der Waals surface area contributed by atoms with Gasteiger partial charge in [-0.1, -0.05) is 0 Å². The van der Waals surface area contributed by atoms with Crippen LogP contribution in [-0.2, 0) is 9.53 Å². The molecule has 4 nitrogen and oxygen atoms in total. The number of hydrogen-bond acceptors (Lipinski definition) is 3. The van der Waals surface area contributed by atoms with Crippen LogP contribution in [0.3, 0.4) is 0 Å². The summed E-state index contributed by atoms with van der Waals surface area (Å²) in [5.74, 6) is 1.35. The molecule has 2 aliphatic rings. The van der Waals surface area contributed by atoms with E-state index in [1.54, 1.807) is 0 Å². The first-order valence-corrected chi connectivity index (χ1v) is 6.83. The van der Waals surface area contributed by atoms with E-state index in [9.17, 15) is 4.79 Å². The summed E-state index contributed by atoms with van der Waals surface area (Å²) < 4.78 is 5.34. The van der Waals surface area contributed by atoms with Gasteiger partial charge in [0, 0.05) is 25.7 Å². The Morgan fingerprint density at radius 2 is 2.18 bits per heavy atom. The highest BCUT2D eigenvalue weighted by molar-refractivity contribution is 5.76. The Morgan fingerprint density at radius 1 is 1.41 bits per heavy atom. The first-order valence-electron chi connectivity index (χ1n) is 6.83. The van der Waals surface area contributed by atoms with Crippen molar-refractivity contribution in [2.24, 2.45) is 11.8 Å². The molecule has 2 atom stereocenters.